The molecule has 0 aromatic carbocycles. The Bertz CT molecular complexity index is 406. The zero-order valence-electron chi connectivity index (χ0n) is 10.1. The Hall–Kier alpha value is -1.67. The topological polar surface area (TPSA) is 64.8 Å². The molecule has 2 rings (SSSR count). The molecule has 0 aliphatic carbocycles. The second-order valence-electron chi connectivity index (χ2n) is 4.43. The third-order valence-corrected chi connectivity index (χ3v) is 3.08. The fourth-order valence-corrected chi connectivity index (χ4v) is 2.24. The van der Waals surface area contributed by atoms with E-state index in [2.05, 4.69) is 21.4 Å². The molecule has 0 bridgehead atoms. The summed E-state index contributed by atoms with van der Waals surface area (Å²) in [7, 11) is 1.97. The summed E-state index contributed by atoms with van der Waals surface area (Å²) in [5.74, 6) is 1.31. The molecule has 1 fully saturated rings. The molecule has 1 aliphatic rings. The van der Waals surface area contributed by atoms with E-state index in [9.17, 15) is 0 Å². The molecule has 0 amide bonds. The number of anilines is 1. The first-order chi connectivity index (χ1) is 8.31. The highest BCUT2D eigenvalue weighted by Crippen LogP contribution is 2.17. The van der Waals surface area contributed by atoms with Gasteiger partial charge in [0.1, 0.15) is 6.07 Å². The van der Waals surface area contributed by atoms with E-state index >= 15 is 0 Å². The first-order valence-electron chi connectivity index (χ1n) is 5.94. The molecule has 1 saturated heterocycles. The highest BCUT2D eigenvalue weighted by molar-refractivity contribution is 5.48. The van der Waals surface area contributed by atoms with Gasteiger partial charge in [0, 0.05) is 26.0 Å². The lowest BCUT2D eigenvalue weighted by Crippen LogP contribution is -2.37. The first-order valence-corrected chi connectivity index (χ1v) is 5.94. The quantitative estimate of drug-likeness (QED) is 0.833. The lowest BCUT2D eigenvalue weighted by molar-refractivity contribution is 0.380. The minimum atomic E-state index is 0.402. The van der Waals surface area contributed by atoms with Gasteiger partial charge in [0.05, 0.1) is 0 Å². The van der Waals surface area contributed by atoms with Crippen LogP contribution in [0.2, 0.25) is 0 Å². The molecule has 1 aromatic heterocycles. The third-order valence-electron chi connectivity index (χ3n) is 3.08. The van der Waals surface area contributed by atoms with Crippen LogP contribution in [0.15, 0.2) is 12.4 Å². The number of nitrogens with one attached hydrogen (secondary N) is 1. The van der Waals surface area contributed by atoms with Gasteiger partial charge in [0.15, 0.2) is 11.5 Å². The monoisotopic (exact) mass is 231 g/mol. The van der Waals surface area contributed by atoms with E-state index in [0.29, 0.717) is 17.4 Å². The third kappa shape index (κ3) is 2.92. The minimum Gasteiger partial charge on any atom is -0.357 e. The molecule has 0 radical (unpaired) electrons. The van der Waals surface area contributed by atoms with Crippen molar-refractivity contribution in [1.82, 2.24) is 15.3 Å². The molecule has 1 atom stereocenters. The lowest BCUT2D eigenvalue weighted by atomic mass is 9.99. The van der Waals surface area contributed by atoms with Crippen LogP contribution in [-0.4, -0.2) is 36.6 Å². The number of aromatic nitrogens is 2. The predicted molar refractivity (Wildman–Crippen MR) is 65.6 cm³/mol. The summed E-state index contributed by atoms with van der Waals surface area (Å²) >= 11 is 0. The minimum absolute atomic E-state index is 0.402. The molecule has 2 heterocycles. The molecule has 0 saturated carbocycles. The second-order valence-corrected chi connectivity index (χ2v) is 4.43. The summed E-state index contributed by atoms with van der Waals surface area (Å²) < 4.78 is 0. The van der Waals surface area contributed by atoms with Gasteiger partial charge in [-0.05, 0) is 31.8 Å². The van der Waals surface area contributed by atoms with Crippen molar-refractivity contribution in [2.45, 2.75) is 12.8 Å². The maximum atomic E-state index is 8.98. The maximum absolute atomic E-state index is 8.98. The predicted octanol–water partition coefficient (Wildman–Crippen LogP) is 0.784. The smallest absolute Gasteiger partial charge is 0.183 e. The average Bonchev–Trinajstić information content (AvgIpc) is 2.40. The van der Waals surface area contributed by atoms with Gasteiger partial charge < -0.3 is 10.2 Å². The standard InChI is InChI=1S/C12H17N5/c1-17(9-10-3-2-4-14-8-10)12-11(7-13)15-5-6-16-12/h5-6,10,14H,2-4,8-9H2,1H3. The summed E-state index contributed by atoms with van der Waals surface area (Å²) in [6, 6.07) is 2.08. The summed E-state index contributed by atoms with van der Waals surface area (Å²) in [6.45, 7) is 3.08. The van der Waals surface area contributed by atoms with Crippen LogP contribution in [0.25, 0.3) is 0 Å². The molecule has 5 heteroatoms. The Kier molecular flexibility index (Phi) is 3.89. The molecular formula is C12H17N5. The summed E-state index contributed by atoms with van der Waals surface area (Å²) in [4.78, 5) is 10.3. The summed E-state index contributed by atoms with van der Waals surface area (Å²) in [5.41, 5.74) is 0.402. The Morgan fingerprint density at radius 1 is 1.53 bits per heavy atom. The Morgan fingerprint density at radius 3 is 3.06 bits per heavy atom. The Labute approximate surface area is 101 Å². The van der Waals surface area contributed by atoms with Crippen molar-refractivity contribution >= 4 is 5.82 Å². The van der Waals surface area contributed by atoms with Crippen molar-refractivity contribution in [3.8, 4) is 6.07 Å². The van der Waals surface area contributed by atoms with Crippen molar-refractivity contribution < 1.29 is 0 Å². The first kappa shape index (κ1) is 11.8. The van der Waals surface area contributed by atoms with Crippen LogP contribution < -0.4 is 10.2 Å². The summed E-state index contributed by atoms with van der Waals surface area (Å²) in [6.07, 6.45) is 5.65. The molecule has 5 nitrogen and oxygen atoms in total. The number of nitriles is 1. The molecular weight excluding hydrogens is 214 g/mol. The Morgan fingerprint density at radius 2 is 2.35 bits per heavy atom. The largest absolute Gasteiger partial charge is 0.357 e. The van der Waals surface area contributed by atoms with Crippen LogP contribution >= 0.6 is 0 Å². The van der Waals surface area contributed by atoms with E-state index in [0.717, 1.165) is 19.6 Å². The van der Waals surface area contributed by atoms with Crippen molar-refractivity contribution in [1.29, 1.82) is 5.26 Å². The molecule has 17 heavy (non-hydrogen) atoms. The second kappa shape index (κ2) is 5.60. The van der Waals surface area contributed by atoms with E-state index in [-0.39, 0.29) is 0 Å². The molecule has 90 valence electrons. The fourth-order valence-electron chi connectivity index (χ4n) is 2.24. The van der Waals surface area contributed by atoms with Gasteiger partial charge in [0.2, 0.25) is 0 Å². The molecule has 1 N–H and O–H groups in total. The van der Waals surface area contributed by atoms with Crippen LogP contribution in [0.5, 0.6) is 0 Å². The number of hydrogen-bond donors (Lipinski definition) is 1. The van der Waals surface area contributed by atoms with Gasteiger partial charge in [-0.2, -0.15) is 5.26 Å². The van der Waals surface area contributed by atoms with Crippen molar-refractivity contribution in [2.75, 3.05) is 31.6 Å². The normalized spacial score (nSPS) is 19.6. The number of hydrogen-bond acceptors (Lipinski definition) is 5. The van der Waals surface area contributed by atoms with Crippen LogP contribution in [-0.2, 0) is 0 Å². The SMILES string of the molecule is CN(CC1CCCNC1)c1nccnc1C#N. The maximum Gasteiger partial charge on any atom is 0.183 e. The van der Waals surface area contributed by atoms with Crippen molar-refractivity contribution in [3.63, 3.8) is 0 Å². The average molecular weight is 231 g/mol. The molecule has 1 unspecified atom stereocenters. The van der Waals surface area contributed by atoms with Gasteiger partial charge in [0.25, 0.3) is 0 Å². The van der Waals surface area contributed by atoms with E-state index in [1.807, 2.05) is 11.9 Å². The fraction of sp³-hybridized carbons (Fsp3) is 0.583. The highest BCUT2D eigenvalue weighted by Gasteiger charge is 2.17. The zero-order valence-corrected chi connectivity index (χ0v) is 10.1. The van der Waals surface area contributed by atoms with Crippen LogP contribution in [0.1, 0.15) is 18.5 Å². The van der Waals surface area contributed by atoms with E-state index < -0.39 is 0 Å². The molecule has 1 aliphatic heterocycles. The van der Waals surface area contributed by atoms with Crippen LogP contribution in [0.3, 0.4) is 0 Å². The number of rotatable bonds is 3. The van der Waals surface area contributed by atoms with Gasteiger partial charge in [-0.1, -0.05) is 0 Å². The Balaban J connectivity index is 2.03. The van der Waals surface area contributed by atoms with E-state index in [1.54, 1.807) is 12.4 Å². The zero-order chi connectivity index (χ0) is 12.1. The highest BCUT2D eigenvalue weighted by atomic mass is 15.2. The lowest BCUT2D eigenvalue weighted by Gasteiger charge is -2.28. The van der Waals surface area contributed by atoms with Crippen LogP contribution in [0, 0.1) is 17.2 Å². The van der Waals surface area contributed by atoms with Crippen molar-refractivity contribution in [2.24, 2.45) is 5.92 Å². The summed E-state index contributed by atoms with van der Waals surface area (Å²) in [5, 5.41) is 12.4. The van der Waals surface area contributed by atoms with Gasteiger partial charge >= 0.3 is 0 Å². The van der Waals surface area contributed by atoms with Crippen LogP contribution in [0.4, 0.5) is 5.82 Å². The van der Waals surface area contributed by atoms with E-state index in [4.69, 9.17) is 5.26 Å². The van der Waals surface area contributed by atoms with Gasteiger partial charge in [-0.15, -0.1) is 0 Å². The van der Waals surface area contributed by atoms with E-state index in [1.165, 1.54) is 12.8 Å². The number of nitrogens with zero attached hydrogens (tertiary/aromatic N) is 4. The molecule has 1 aromatic rings. The van der Waals surface area contributed by atoms with Crippen molar-refractivity contribution in [3.05, 3.63) is 18.1 Å². The number of piperidine rings is 1. The molecule has 0 spiro atoms. The van der Waals surface area contributed by atoms with Gasteiger partial charge in [-0.3, -0.25) is 0 Å². The van der Waals surface area contributed by atoms with Gasteiger partial charge in [-0.25, -0.2) is 9.97 Å².